The third-order valence-corrected chi connectivity index (χ3v) is 16.9. The van der Waals surface area contributed by atoms with Gasteiger partial charge in [-0.25, -0.2) is 0 Å². The zero-order valence-electron chi connectivity index (χ0n) is 37.3. The highest BCUT2D eigenvalue weighted by Crippen LogP contribution is 2.38. The van der Waals surface area contributed by atoms with Crippen LogP contribution >= 0.6 is 0 Å². The molecule has 0 aromatic heterocycles. The minimum atomic E-state index is -2.55. The SMILES string of the molecule is CCCCCCCCC=CCCCCCCCCC(CCCCCCCCC=CCCCCCCCC)O[Si](c1ccccc1)(c1ccccc1)C(C)(C)C. The number of allylic oxidation sites excluding steroid dienone is 4. The van der Waals surface area contributed by atoms with Crippen LogP contribution < -0.4 is 10.4 Å². The van der Waals surface area contributed by atoms with E-state index in [1.54, 1.807) is 0 Å². The van der Waals surface area contributed by atoms with Crippen LogP contribution in [0.1, 0.15) is 227 Å². The van der Waals surface area contributed by atoms with Crippen molar-refractivity contribution in [2.45, 2.75) is 238 Å². The van der Waals surface area contributed by atoms with Gasteiger partial charge in [0.15, 0.2) is 0 Å². The molecule has 2 heteroatoms. The van der Waals surface area contributed by atoms with Crippen molar-refractivity contribution in [3.05, 3.63) is 85.0 Å². The van der Waals surface area contributed by atoms with Crippen LogP contribution in [0, 0.1) is 0 Å². The first-order valence-corrected chi connectivity index (χ1v) is 25.9. The second-order valence-electron chi connectivity index (χ2n) is 17.9. The van der Waals surface area contributed by atoms with Gasteiger partial charge in [0.1, 0.15) is 0 Å². The monoisotopic (exact) mass is 771 g/mol. The predicted octanol–water partition coefficient (Wildman–Crippen LogP) is 16.8. The summed E-state index contributed by atoms with van der Waals surface area (Å²) in [7, 11) is -2.55. The van der Waals surface area contributed by atoms with Crippen molar-refractivity contribution >= 4 is 18.7 Å². The van der Waals surface area contributed by atoms with Crippen LogP contribution in [0.4, 0.5) is 0 Å². The predicted molar refractivity (Wildman–Crippen MR) is 251 cm³/mol. The summed E-state index contributed by atoms with van der Waals surface area (Å²) in [6, 6.07) is 22.6. The van der Waals surface area contributed by atoms with Crippen LogP contribution in [0.5, 0.6) is 0 Å². The molecule has 0 heterocycles. The van der Waals surface area contributed by atoms with E-state index in [4.69, 9.17) is 4.43 Å². The van der Waals surface area contributed by atoms with Crippen LogP contribution in [0.3, 0.4) is 0 Å². The molecule has 0 fully saturated rings. The Morgan fingerprint density at radius 1 is 0.418 bits per heavy atom. The number of unbranched alkanes of at least 4 members (excludes halogenated alkanes) is 24. The van der Waals surface area contributed by atoms with Gasteiger partial charge in [0, 0.05) is 6.10 Å². The smallest absolute Gasteiger partial charge is 0.261 e. The summed E-state index contributed by atoms with van der Waals surface area (Å²) in [6.45, 7) is 11.9. The molecule has 0 aliphatic carbocycles. The molecular formula is C53H90OSi. The van der Waals surface area contributed by atoms with Gasteiger partial charge in [-0.2, -0.15) is 0 Å². The van der Waals surface area contributed by atoms with Crippen molar-refractivity contribution < 1.29 is 4.43 Å². The third-order valence-electron chi connectivity index (χ3n) is 11.8. The fourth-order valence-corrected chi connectivity index (χ4v) is 13.2. The summed E-state index contributed by atoms with van der Waals surface area (Å²) < 4.78 is 7.75. The van der Waals surface area contributed by atoms with Crippen molar-refractivity contribution in [1.29, 1.82) is 0 Å². The van der Waals surface area contributed by atoms with Gasteiger partial charge in [-0.3, -0.25) is 0 Å². The van der Waals surface area contributed by atoms with E-state index >= 15 is 0 Å². The molecule has 0 spiro atoms. The molecule has 0 radical (unpaired) electrons. The summed E-state index contributed by atoms with van der Waals surface area (Å²) >= 11 is 0. The average Bonchev–Trinajstić information content (AvgIpc) is 3.19. The van der Waals surface area contributed by atoms with Crippen molar-refractivity contribution in [3.63, 3.8) is 0 Å². The number of rotatable bonds is 36. The normalized spacial score (nSPS) is 13.0. The van der Waals surface area contributed by atoms with E-state index in [-0.39, 0.29) is 5.04 Å². The van der Waals surface area contributed by atoms with E-state index in [1.807, 2.05) is 0 Å². The molecule has 2 aromatic rings. The van der Waals surface area contributed by atoms with E-state index in [0.29, 0.717) is 6.10 Å². The van der Waals surface area contributed by atoms with Crippen molar-refractivity contribution in [3.8, 4) is 0 Å². The Kier molecular flexibility index (Phi) is 29.6. The summed E-state index contributed by atoms with van der Waals surface area (Å²) in [6.07, 6.45) is 50.5. The van der Waals surface area contributed by atoms with Crippen LogP contribution in [-0.4, -0.2) is 14.4 Å². The van der Waals surface area contributed by atoms with Gasteiger partial charge in [0.25, 0.3) is 8.32 Å². The highest BCUT2D eigenvalue weighted by molar-refractivity contribution is 6.99. The van der Waals surface area contributed by atoms with Crippen molar-refractivity contribution in [2.75, 3.05) is 0 Å². The average molecular weight is 771 g/mol. The summed E-state index contributed by atoms with van der Waals surface area (Å²) in [5.41, 5.74) is 0. The maximum atomic E-state index is 7.75. The number of benzene rings is 2. The van der Waals surface area contributed by atoms with Crippen LogP contribution in [0.25, 0.3) is 0 Å². The fraction of sp³-hybridized carbons (Fsp3) is 0.698. The molecule has 0 aliphatic heterocycles. The van der Waals surface area contributed by atoms with Gasteiger partial charge in [0.2, 0.25) is 0 Å². The van der Waals surface area contributed by atoms with E-state index in [1.165, 1.54) is 203 Å². The lowest BCUT2D eigenvalue weighted by atomic mass is 10.0. The van der Waals surface area contributed by atoms with Crippen LogP contribution in [0.15, 0.2) is 85.0 Å². The van der Waals surface area contributed by atoms with Crippen molar-refractivity contribution in [2.24, 2.45) is 0 Å². The molecule has 0 saturated heterocycles. The van der Waals surface area contributed by atoms with Gasteiger partial charge >= 0.3 is 0 Å². The van der Waals surface area contributed by atoms with Gasteiger partial charge in [-0.15, -0.1) is 0 Å². The Balaban J connectivity index is 1.84. The Morgan fingerprint density at radius 3 is 1.02 bits per heavy atom. The lowest BCUT2D eigenvalue weighted by Gasteiger charge is -2.45. The Morgan fingerprint density at radius 2 is 0.709 bits per heavy atom. The Bertz CT molecular complexity index is 1080. The summed E-state index contributed by atoms with van der Waals surface area (Å²) in [5, 5.41) is 2.86. The maximum absolute atomic E-state index is 7.75. The van der Waals surface area contributed by atoms with Crippen LogP contribution in [0.2, 0.25) is 5.04 Å². The molecule has 0 aliphatic rings. The van der Waals surface area contributed by atoms with Gasteiger partial charge in [-0.05, 0) is 79.6 Å². The highest BCUT2D eigenvalue weighted by atomic mass is 28.4. The largest absolute Gasteiger partial charge is 0.404 e. The first-order chi connectivity index (χ1) is 27.0. The summed E-state index contributed by atoms with van der Waals surface area (Å²) in [5.74, 6) is 0. The lowest BCUT2D eigenvalue weighted by Crippen LogP contribution is -2.67. The molecule has 0 saturated carbocycles. The zero-order chi connectivity index (χ0) is 39.6. The standard InChI is InChI=1S/C53H90OSi/c1-6-8-10-12-14-16-18-20-22-24-26-28-30-32-34-38-44-50(45-39-35-33-31-29-27-25-23-21-19-17-15-13-11-9-7-2)54-55(53(3,4)5,51-46-40-36-41-47-51)52-48-42-37-43-49-52/h20-23,36-37,40-43,46-50H,6-19,24-35,38-39,44-45H2,1-5H3. The van der Waals surface area contributed by atoms with Gasteiger partial charge in [0.05, 0.1) is 0 Å². The molecule has 55 heavy (non-hydrogen) atoms. The minimum absolute atomic E-state index is 0.0279. The highest BCUT2D eigenvalue weighted by Gasteiger charge is 2.51. The Labute approximate surface area is 345 Å². The van der Waals surface area contributed by atoms with Crippen LogP contribution in [-0.2, 0) is 4.43 Å². The third kappa shape index (κ3) is 22.6. The van der Waals surface area contributed by atoms with E-state index in [0.717, 1.165) is 0 Å². The molecule has 0 unspecified atom stereocenters. The first-order valence-electron chi connectivity index (χ1n) is 24.0. The quantitative estimate of drug-likeness (QED) is 0.0381. The molecule has 1 nitrogen and oxygen atoms in total. The fourth-order valence-electron chi connectivity index (χ4n) is 8.44. The maximum Gasteiger partial charge on any atom is 0.261 e. The van der Waals surface area contributed by atoms with E-state index in [9.17, 15) is 0 Å². The summed E-state index contributed by atoms with van der Waals surface area (Å²) in [4.78, 5) is 0. The number of hydrogen-bond donors (Lipinski definition) is 0. The first kappa shape index (κ1) is 49.2. The molecule has 2 aromatic carbocycles. The number of hydrogen-bond acceptors (Lipinski definition) is 1. The second kappa shape index (κ2) is 33.1. The minimum Gasteiger partial charge on any atom is -0.404 e. The second-order valence-corrected chi connectivity index (χ2v) is 22.1. The zero-order valence-corrected chi connectivity index (χ0v) is 38.3. The molecule has 2 rings (SSSR count). The molecule has 0 amide bonds. The molecule has 0 bridgehead atoms. The van der Waals surface area contributed by atoms with Crippen molar-refractivity contribution in [1.82, 2.24) is 0 Å². The van der Waals surface area contributed by atoms with E-state index < -0.39 is 8.32 Å². The Hall–Kier alpha value is -1.90. The van der Waals surface area contributed by atoms with E-state index in [2.05, 4.69) is 120 Å². The molecule has 0 atom stereocenters. The van der Waals surface area contributed by atoms with Gasteiger partial charge < -0.3 is 4.43 Å². The molecule has 312 valence electrons. The lowest BCUT2D eigenvalue weighted by molar-refractivity contribution is 0.160. The topological polar surface area (TPSA) is 9.23 Å². The molecule has 0 N–H and O–H groups in total. The van der Waals surface area contributed by atoms with Gasteiger partial charge in [-0.1, -0.05) is 248 Å². The molecular weight excluding hydrogens is 681 g/mol.